The van der Waals surface area contributed by atoms with Crippen LogP contribution in [0.5, 0.6) is 5.75 Å². The Hall–Kier alpha value is -0.880. The summed E-state index contributed by atoms with van der Waals surface area (Å²) < 4.78 is 51.4. The van der Waals surface area contributed by atoms with Gasteiger partial charge < -0.3 is 4.74 Å². The second-order valence-corrected chi connectivity index (χ2v) is 5.83. The first-order valence-corrected chi connectivity index (χ1v) is 6.68. The van der Waals surface area contributed by atoms with Crippen molar-refractivity contribution in [1.29, 1.82) is 0 Å². The van der Waals surface area contributed by atoms with Gasteiger partial charge in [0.2, 0.25) is 9.05 Å². The third-order valence-corrected chi connectivity index (χ3v) is 2.87. The third-order valence-electron chi connectivity index (χ3n) is 1.88. The molecule has 7 heteroatoms. The van der Waals surface area contributed by atoms with E-state index in [0.717, 1.165) is 6.07 Å². The van der Waals surface area contributed by atoms with Crippen molar-refractivity contribution in [3.05, 3.63) is 29.3 Å². The number of benzene rings is 1. The Labute approximate surface area is 96.4 Å². The molecule has 0 radical (unpaired) electrons. The molecule has 0 aromatic heterocycles. The lowest BCUT2D eigenvalue weighted by Gasteiger charge is -2.09. The number of alkyl halides is 2. The zero-order valence-electron chi connectivity index (χ0n) is 8.28. The van der Waals surface area contributed by atoms with Crippen LogP contribution in [0, 0.1) is 0 Å². The Morgan fingerprint density at radius 1 is 1.44 bits per heavy atom. The molecule has 0 spiro atoms. The summed E-state index contributed by atoms with van der Waals surface area (Å²) >= 11 is 0. The summed E-state index contributed by atoms with van der Waals surface area (Å²) in [5, 5.41) is 0. The van der Waals surface area contributed by atoms with Crippen LogP contribution in [0.2, 0.25) is 0 Å². The molecular weight excluding hydrogens is 262 g/mol. The van der Waals surface area contributed by atoms with E-state index in [-0.39, 0.29) is 16.9 Å². The van der Waals surface area contributed by atoms with Crippen molar-refractivity contribution >= 4 is 19.7 Å². The Morgan fingerprint density at radius 2 is 2.06 bits per heavy atom. The molecule has 0 amide bonds. The Kier molecular flexibility index (Phi) is 4.09. The standard InChI is InChI=1S/C9H9ClF2O3S/c1-15-8-3-2-6(9(11)12)4-7(8)5-16(10,13)14/h2-4,9H,5H2,1H3. The van der Waals surface area contributed by atoms with Crippen molar-refractivity contribution in [2.75, 3.05) is 7.11 Å². The molecule has 0 aliphatic heterocycles. The van der Waals surface area contributed by atoms with Crippen molar-refractivity contribution in [2.45, 2.75) is 12.2 Å². The van der Waals surface area contributed by atoms with Gasteiger partial charge in [0.15, 0.2) is 0 Å². The molecule has 3 nitrogen and oxygen atoms in total. The Bertz CT molecular complexity index is 474. The Balaban J connectivity index is 3.17. The van der Waals surface area contributed by atoms with Gasteiger partial charge in [-0.15, -0.1) is 0 Å². The molecule has 0 saturated carbocycles. The maximum absolute atomic E-state index is 12.4. The van der Waals surface area contributed by atoms with Gasteiger partial charge in [-0.25, -0.2) is 17.2 Å². The fourth-order valence-corrected chi connectivity index (χ4v) is 2.18. The van der Waals surface area contributed by atoms with Crippen molar-refractivity contribution in [3.8, 4) is 5.75 Å². The predicted octanol–water partition coefficient (Wildman–Crippen LogP) is 2.70. The molecule has 1 aromatic carbocycles. The third kappa shape index (κ3) is 3.61. The highest BCUT2D eigenvalue weighted by molar-refractivity contribution is 8.13. The molecule has 0 atom stereocenters. The molecule has 0 saturated heterocycles. The van der Waals surface area contributed by atoms with E-state index in [9.17, 15) is 17.2 Å². The van der Waals surface area contributed by atoms with Crippen molar-refractivity contribution in [1.82, 2.24) is 0 Å². The van der Waals surface area contributed by atoms with E-state index in [4.69, 9.17) is 15.4 Å². The second kappa shape index (κ2) is 4.97. The largest absolute Gasteiger partial charge is 0.496 e. The quantitative estimate of drug-likeness (QED) is 0.790. The number of hydrogen-bond donors (Lipinski definition) is 0. The van der Waals surface area contributed by atoms with Crippen molar-refractivity contribution in [3.63, 3.8) is 0 Å². The van der Waals surface area contributed by atoms with Crippen LogP contribution in [0.4, 0.5) is 8.78 Å². The summed E-state index contributed by atoms with van der Waals surface area (Å²) in [6, 6.07) is 3.54. The lowest BCUT2D eigenvalue weighted by molar-refractivity contribution is 0.151. The van der Waals surface area contributed by atoms with E-state index in [1.807, 2.05) is 0 Å². The van der Waals surface area contributed by atoms with Gasteiger partial charge in [-0.1, -0.05) is 0 Å². The monoisotopic (exact) mass is 270 g/mol. The smallest absolute Gasteiger partial charge is 0.263 e. The summed E-state index contributed by atoms with van der Waals surface area (Å²) in [6.45, 7) is 0. The number of rotatable bonds is 4. The molecule has 0 N–H and O–H groups in total. The number of hydrogen-bond acceptors (Lipinski definition) is 3. The number of halogens is 3. The molecule has 1 aromatic rings. The van der Waals surface area contributed by atoms with Crippen molar-refractivity contribution in [2.24, 2.45) is 0 Å². The average molecular weight is 271 g/mol. The summed E-state index contributed by atoms with van der Waals surface area (Å²) in [4.78, 5) is 0. The van der Waals surface area contributed by atoms with Gasteiger partial charge in [0, 0.05) is 21.8 Å². The predicted molar refractivity (Wildman–Crippen MR) is 56.4 cm³/mol. The van der Waals surface area contributed by atoms with Crippen LogP contribution >= 0.6 is 10.7 Å². The summed E-state index contributed by atoms with van der Waals surface area (Å²) in [6.07, 6.45) is -2.66. The first kappa shape index (κ1) is 13.2. The van der Waals surface area contributed by atoms with Crippen LogP contribution in [-0.4, -0.2) is 15.5 Å². The molecule has 0 bridgehead atoms. The second-order valence-electron chi connectivity index (χ2n) is 3.06. The molecule has 1 rings (SSSR count). The summed E-state index contributed by atoms with van der Waals surface area (Å²) in [5.74, 6) is -0.327. The average Bonchev–Trinajstić information content (AvgIpc) is 2.15. The first-order valence-electron chi connectivity index (χ1n) is 4.21. The zero-order chi connectivity index (χ0) is 12.3. The SMILES string of the molecule is COc1ccc(C(F)F)cc1CS(=O)(=O)Cl. The van der Waals surface area contributed by atoms with E-state index in [1.165, 1.54) is 19.2 Å². The first-order chi connectivity index (χ1) is 7.33. The molecule has 0 aliphatic carbocycles. The minimum atomic E-state index is -3.80. The number of methoxy groups -OCH3 is 1. The molecule has 0 unspecified atom stereocenters. The van der Waals surface area contributed by atoms with E-state index in [2.05, 4.69) is 0 Å². The molecular formula is C9H9ClF2O3S. The van der Waals surface area contributed by atoms with E-state index >= 15 is 0 Å². The topological polar surface area (TPSA) is 43.4 Å². The van der Waals surface area contributed by atoms with Crippen LogP contribution in [0.25, 0.3) is 0 Å². The van der Waals surface area contributed by atoms with E-state index in [1.54, 1.807) is 0 Å². The van der Waals surface area contributed by atoms with Gasteiger partial charge in [0.25, 0.3) is 6.43 Å². The lowest BCUT2D eigenvalue weighted by atomic mass is 10.1. The van der Waals surface area contributed by atoms with Crippen LogP contribution < -0.4 is 4.74 Å². The van der Waals surface area contributed by atoms with Gasteiger partial charge in [0.1, 0.15) is 5.75 Å². The van der Waals surface area contributed by atoms with Gasteiger partial charge in [0.05, 0.1) is 12.9 Å². The van der Waals surface area contributed by atoms with E-state index in [0.29, 0.717) is 0 Å². The normalized spacial score (nSPS) is 11.8. The molecule has 90 valence electrons. The highest BCUT2D eigenvalue weighted by Gasteiger charge is 2.15. The molecule has 16 heavy (non-hydrogen) atoms. The van der Waals surface area contributed by atoms with Gasteiger partial charge in [-0.05, 0) is 18.2 Å². The Morgan fingerprint density at radius 3 is 2.50 bits per heavy atom. The lowest BCUT2D eigenvalue weighted by Crippen LogP contribution is -2.00. The molecule has 0 heterocycles. The fraction of sp³-hybridized carbons (Fsp3) is 0.333. The van der Waals surface area contributed by atoms with Crippen LogP contribution in [0.3, 0.4) is 0 Å². The maximum atomic E-state index is 12.4. The van der Waals surface area contributed by atoms with Gasteiger partial charge >= 0.3 is 0 Å². The van der Waals surface area contributed by atoms with Gasteiger partial charge in [-0.2, -0.15) is 0 Å². The summed E-state index contributed by atoms with van der Waals surface area (Å²) in [5.41, 5.74) is -0.147. The minimum absolute atomic E-state index is 0.121. The minimum Gasteiger partial charge on any atom is -0.496 e. The van der Waals surface area contributed by atoms with Crippen LogP contribution in [-0.2, 0) is 14.8 Å². The van der Waals surface area contributed by atoms with Gasteiger partial charge in [-0.3, -0.25) is 0 Å². The zero-order valence-corrected chi connectivity index (χ0v) is 9.86. The highest BCUT2D eigenvalue weighted by atomic mass is 35.7. The molecule has 0 fully saturated rings. The van der Waals surface area contributed by atoms with E-state index < -0.39 is 21.2 Å². The molecule has 0 aliphatic rings. The summed E-state index contributed by atoms with van der Waals surface area (Å²) in [7, 11) is 2.57. The maximum Gasteiger partial charge on any atom is 0.263 e. The highest BCUT2D eigenvalue weighted by Crippen LogP contribution is 2.27. The van der Waals surface area contributed by atoms with Crippen LogP contribution in [0.1, 0.15) is 17.6 Å². The number of ether oxygens (including phenoxy) is 1. The fourth-order valence-electron chi connectivity index (χ4n) is 1.23. The van der Waals surface area contributed by atoms with Crippen molar-refractivity contribution < 1.29 is 21.9 Å². The van der Waals surface area contributed by atoms with Crippen LogP contribution in [0.15, 0.2) is 18.2 Å².